The van der Waals surface area contributed by atoms with Gasteiger partial charge in [-0.1, -0.05) is 39.0 Å². The smallest absolute Gasteiger partial charge is 0.225 e. The van der Waals surface area contributed by atoms with Gasteiger partial charge in [-0.3, -0.25) is 14.7 Å². The molecule has 1 fully saturated rings. The van der Waals surface area contributed by atoms with Crippen LogP contribution >= 0.6 is 24.0 Å². The molecule has 1 aromatic rings. The third-order valence-electron chi connectivity index (χ3n) is 6.46. The maximum absolute atomic E-state index is 12.1. The summed E-state index contributed by atoms with van der Waals surface area (Å²) in [7, 11) is 0. The van der Waals surface area contributed by atoms with E-state index < -0.39 is 0 Å². The van der Waals surface area contributed by atoms with Gasteiger partial charge in [0.2, 0.25) is 5.91 Å². The molecular weight excluding hydrogens is 501 g/mol. The normalized spacial score (nSPS) is 21.1. The number of nitrogens with zero attached hydrogens (tertiary/aromatic N) is 2. The monoisotopic (exact) mass is 541 g/mol. The first kappa shape index (κ1) is 25.9. The van der Waals surface area contributed by atoms with E-state index in [-0.39, 0.29) is 35.8 Å². The maximum atomic E-state index is 12.1. The Balaban J connectivity index is 0.00000341. The number of hydrogen-bond donors (Lipinski definition) is 3. The molecule has 1 amide bonds. The van der Waals surface area contributed by atoms with E-state index in [0.717, 1.165) is 30.7 Å². The number of anilines is 1. The summed E-state index contributed by atoms with van der Waals surface area (Å²) in [6.07, 6.45) is 3.08. The van der Waals surface area contributed by atoms with Crippen LogP contribution in [0.15, 0.2) is 29.3 Å². The van der Waals surface area contributed by atoms with Crippen molar-refractivity contribution >= 4 is 41.5 Å². The van der Waals surface area contributed by atoms with Crippen molar-refractivity contribution < 1.29 is 4.79 Å². The molecular formula is C24H40IN5O. The number of amides is 1. The third-order valence-corrected chi connectivity index (χ3v) is 6.46. The molecule has 0 spiro atoms. The lowest BCUT2D eigenvalue weighted by molar-refractivity contribution is -0.116. The summed E-state index contributed by atoms with van der Waals surface area (Å²) < 4.78 is 0. The number of halogens is 1. The van der Waals surface area contributed by atoms with E-state index in [2.05, 4.69) is 54.6 Å². The lowest BCUT2D eigenvalue weighted by Gasteiger charge is -2.38. The van der Waals surface area contributed by atoms with E-state index in [1.807, 2.05) is 18.2 Å². The van der Waals surface area contributed by atoms with Crippen LogP contribution in [0.4, 0.5) is 5.69 Å². The number of hydrogen-bond acceptors (Lipinski definition) is 3. The average Bonchev–Trinajstić information content (AvgIpc) is 2.72. The van der Waals surface area contributed by atoms with Crippen molar-refractivity contribution in [1.82, 2.24) is 15.5 Å². The molecule has 3 rings (SSSR count). The zero-order valence-corrected chi connectivity index (χ0v) is 21.8. The van der Waals surface area contributed by atoms with E-state index in [4.69, 9.17) is 4.99 Å². The fourth-order valence-electron chi connectivity index (χ4n) is 4.54. The van der Waals surface area contributed by atoms with Gasteiger partial charge in [-0.25, -0.2) is 0 Å². The van der Waals surface area contributed by atoms with Gasteiger partial charge in [0.1, 0.15) is 0 Å². The summed E-state index contributed by atoms with van der Waals surface area (Å²) in [5.41, 5.74) is 2.13. The number of carbonyl (C=O) groups is 1. The van der Waals surface area contributed by atoms with E-state index in [0.29, 0.717) is 24.9 Å². The largest absolute Gasteiger partial charge is 0.357 e. The highest BCUT2D eigenvalue weighted by molar-refractivity contribution is 14.0. The first-order chi connectivity index (χ1) is 14.5. The molecule has 31 heavy (non-hydrogen) atoms. The molecule has 2 atom stereocenters. The molecule has 0 aromatic heterocycles. The second kappa shape index (κ2) is 12.6. The number of piperidine rings is 1. The number of benzene rings is 1. The van der Waals surface area contributed by atoms with Gasteiger partial charge in [0.15, 0.2) is 5.96 Å². The topological polar surface area (TPSA) is 68.8 Å². The molecule has 2 aliphatic rings. The predicted molar refractivity (Wildman–Crippen MR) is 140 cm³/mol. The molecule has 7 heteroatoms. The number of nitrogens with one attached hydrogen (secondary N) is 3. The molecule has 6 nitrogen and oxygen atoms in total. The first-order valence-corrected chi connectivity index (χ1v) is 11.6. The van der Waals surface area contributed by atoms with E-state index in [1.165, 1.54) is 31.5 Å². The van der Waals surface area contributed by atoms with Crippen LogP contribution in [0.2, 0.25) is 0 Å². The number of rotatable bonds is 7. The van der Waals surface area contributed by atoms with E-state index in [1.54, 1.807) is 0 Å². The van der Waals surface area contributed by atoms with Crippen LogP contribution in [-0.2, 0) is 4.79 Å². The van der Waals surface area contributed by atoms with Crippen molar-refractivity contribution in [3.8, 4) is 0 Å². The highest BCUT2D eigenvalue weighted by Crippen LogP contribution is 2.31. The van der Waals surface area contributed by atoms with Crippen molar-refractivity contribution in [2.24, 2.45) is 16.8 Å². The Labute approximate surface area is 205 Å². The van der Waals surface area contributed by atoms with Gasteiger partial charge >= 0.3 is 0 Å². The van der Waals surface area contributed by atoms with Crippen LogP contribution in [0.3, 0.4) is 0 Å². The van der Waals surface area contributed by atoms with Crippen LogP contribution in [0.1, 0.15) is 58.4 Å². The summed E-state index contributed by atoms with van der Waals surface area (Å²) in [6, 6.07) is 8.56. The fraction of sp³-hybridized carbons (Fsp3) is 0.667. The van der Waals surface area contributed by atoms with Crippen LogP contribution < -0.4 is 16.0 Å². The van der Waals surface area contributed by atoms with Gasteiger partial charge in [0.05, 0.1) is 6.54 Å². The molecule has 2 unspecified atom stereocenters. The van der Waals surface area contributed by atoms with Crippen molar-refractivity contribution in [2.75, 3.05) is 38.0 Å². The highest BCUT2D eigenvalue weighted by Gasteiger charge is 2.26. The van der Waals surface area contributed by atoms with Crippen molar-refractivity contribution in [3.63, 3.8) is 0 Å². The summed E-state index contributed by atoms with van der Waals surface area (Å²) in [5, 5.41) is 9.85. The zero-order valence-electron chi connectivity index (χ0n) is 19.5. The molecule has 3 N–H and O–H groups in total. The Kier molecular flexibility index (Phi) is 10.6. The van der Waals surface area contributed by atoms with Crippen LogP contribution in [0.25, 0.3) is 0 Å². The minimum absolute atomic E-state index is 0. The molecule has 0 bridgehead atoms. The second-order valence-corrected chi connectivity index (χ2v) is 9.17. The maximum Gasteiger partial charge on any atom is 0.225 e. The van der Waals surface area contributed by atoms with Crippen molar-refractivity contribution in [3.05, 3.63) is 29.8 Å². The Morgan fingerprint density at radius 1 is 1.23 bits per heavy atom. The van der Waals surface area contributed by atoms with E-state index in [9.17, 15) is 4.79 Å². The molecule has 1 aromatic carbocycles. The number of aliphatic imine (C=N–C) groups is 1. The Hall–Kier alpha value is -1.35. The van der Waals surface area contributed by atoms with Crippen LogP contribution in [-0.4, -0.2) is 55.5 Å². The van der Waals surface area contributed by atoms with E-state index >= 15 is 0 Å². The van der Waals surface area contributed by atoms with Gasteiger partial charge < -0.3 is 16.0 Å². The minimum Gasteiger partial charge on any atom is -0.357 e. The van der Waals surface area contributed by atoms with Gasteiger partial charge in [0.25, 0.3) is 0 Å². The van der Waals surface area contributed by atoms with Gasteiger partial charge in [-0.15, -0.1) is 24.0 Å². The van der Waals surface area contributed by atoms with Gasteiger partial charge in [0, 0.05) is 37.2 Å². The quantitative estimate of drug-likeness (QED) is 0.277. The SMILES string of the molecule is CCNC(=NCC(C(C)C)N1CCC(C)CC1)NCC1CC(=O)Nc2ccccc21.I. The van der Waals surface area contributed by atoms with Crippen molar-refractivity contribution in [2.45, 2.75) is 58.9 Å². The Bertz CT molecular complexity index is 730. The minimum atomic E-state index is 0. The predicted octanol–water partition coefficient (Wildman–Crippen LogP) is 4.04. The highest BCUT2D eigenvalue weighted by atomic mass is 127. The van der Waals surface area contributed by atoms with Crippen LogP contribution in [0, 0.1) is 11.8 Å². The number of likely N-dealkylation sites (tertiary alicyclic amines) is 1. The molecule has 1 saturated heterocycles. The fourth-order valence-corrected chi connectivity index (χ4v) is 4.54. The molecule has 174 valence electrons. The molecule has 0 radical (unpaired) electrons. The number of fused-ring (bicyclic) bond motifs is 1. The molecule has 2 aliphatic heterocycles. The molecule has 0 aliphatic carbocycles. The standard InChI is InChI=1S/C24H39N5O.HI/c1-5-25-24(27-16-22(17(2)3)29-12-10-18(4)11-13-29)26-15-19-14-23(30)28-21-9-7-6-8-20(19)21;/h6-9,17-19,22H,5,10-16H2,1-4H3,(H,28,30)(H2,25,26,27);1H. The summed E-state index contributed by atoms with van der Waals surface area (Å²) in [4.78, 5) is 19.7. The summed E-state index contributed by atoms with van der Waals surface area (Å²) >= 11 is 0. The van der Waals surface area contributed by atoms with Gasteiger partial charge in [-0.2, -0.15) is 0 Å². The number of para-hydroxylation sites is 1. The Morgan fingerprint density at radius 3 is 2.61 bits per heavy atom. The molecule has 2 heterocycles. The second-order valence-electron chi connectivity index (χ2n) is 9.17. The van der Waals surface area contributed by atoms with Gasteiger partial charge in [-0.05, 0) is 56.3 Å². The number of guanidine groups is 1. The Morgan fingerprint density at radius 2 is 1.94 bits per heavy atom. The lowest BCUT2D eigenvalue weighted by atomic mass is 9.90. The first-order valence-electron chi connectivity index (χ1n) is 11.6. The van der Waals surface area contributed by atoms with Crippen molar-refractivity contribution in [1.29, 1.82) is 0 Å². The average molecular weight is 542 g/mol. The molecule has 0 saturated carbocycles. The summed E-state index contributed by atoms with van der Waals surface area (Å²) in [5.74, 6) is 2.49. The summed E-state index contributed by atoms with van der Waals surface area (Å²) in [6.45, 7) is 13.7. The lowest BCUT2D eigenvalue weighted by Crippen LogP contribution is -2.46. The zero-order chi connectivity index (χ0) is 21.5. The number of carbonyl (C=O) groups excluding carboxylic acids is 1. The third kappa shape index (κ3) is 7.34. The van der Waals surface area contributed by atoms with Crippen LogP contribution in [0.5, 0.6) is 0 Å².